The van der Waals surface area contributed by atoms with Gasteiger partial charge < -0.3 is 9.64 Å². The molecule has 0 saturated heterocycles. The summed E-state index contributed by atoms with van der Waals surface area (Å²) in [4.78, 5) is 2.48. The molecule has 0 unspecified atom stereocenters. The molecule has 2 nitrogen and oxygen atoms in total. The van der Waals surface area contributed by atoms with E-state index in [1.807, 2.05) is 6.07 Å². The molecule has 10 aromatic rings. The molecule has 1 aliphatic rings. The Morgan fingerprint density at radius 1 is 0.276 bits per heavy atom. The molecule has 0 amide bonds. The maximum atomic E-state index is 6.44. The maximum Gasteiger partial charge on any atom is 0.135 e. The summed E-state index contributed by atoms with van der Waals surface area (Å²) in [6.45, 7) is 0. The number of rotatable bonds is 7. The van der Waals surface area contributed by atoms with Crippen LogP contribution in [-0.4, -0.2) is 0 Å². The molecule has 0 radical (unpaired) electrons. The molecule has 11 rings (SSSR count). The fourth-order valence-electron chi connectivity index (χ4n) is 8.79. The Kier molecular flexibility index (Phi) is 8.19. The fourth-order valence-corrected chi connectivity index (χ4v) is 8.79. The summed E-state index contributed by atoms with van der Waals surface area (Å²) in [5.74, 6) is 1.77. The Morgan fingerprint density at radius 2 is 0.776 bits per heavy atom. The van der Waals surface area contributed by atoms with E-state index in [1.165, 1.54) is 33.0 Å². The van der Waals surface area contributed by atoms with Gasteiger partial charge in [-0.25, -0.2) is 0 Å². The number of anilines is 3. The first-order valence-electron chi connectivity index (χ1n) is 19.8. The van der Waals surface area contributed by atoms with Crippen LogP contribution in [0.5, 0.6) is 11.5 Å². The van der Waals surface area contributed by atoms with Crippen LogP contribution in [-0.2, 0) is 0 Å². The lowest BCUT2D eigenvalue weighted by Gasteiger charge is -2.32. The van der Waals surface area contributed by atoms with E-state index in [0.717, 1.165) is 72.7 Å². The first kappa shape index (κ1) is 33.6. The topological polar surface area (TPSA) is 12.5 Å². The highest BCUT2D eigenvalue weighted by molar-refractivity contribution is 6.08. The molecule has 1 heterocycles. The molecule has 272 valence electrons. The van der Waals surface area contributed by atoms with Crippen LogP contribution in [0.2, 0.25) is 0 Å². The highest BCUT2D eigenvalue weighted by Gasteiger charge is 2.25. The van der Waals surface area contributed by atoms with Crippen LogP contribution in [0.25, 0.3) is 77.2 Å². The molecule has 58 heavy (non-hydrogen) atoms. The highest BCUT2D eigenvalue weighted by atomic mass is 16.5. The number of fused-ring (bicyclic) bond motifs is 3. The number of nitrogens with zero attached hydrogens (tertiary/aromatic N) is 1. The number of ether oxygens (including phenoxy) is 1. The molecular weight excluding hydrogens is 703 g/mol. The summed E-state index contributed by atoms with van der Waals surface area (Å²) in [6.07, 6.45) is 0. The van der Waals surface area contributed by atoms with Gasteiger partial charge in [0, 0.05) is 27.6 Å². The number of para-hydroxylation sites is 4. The molecular formula is C56H37NO. The van der Waals surface area contributed by atoms with Crippen LogP contribution >= 0.6 is 0 Å². The average molecular weight is 740 g/mol. The van der Waals surface area contributed by atoms with E-state index in [9.17, 15) is 0 Å². The van der Waals surface area contributed by atoms with Gasteiger partial charge in [0.25, 0.3) is 0 Å². The van der Waals surface area contributed by atoms with Crippen molar-refractivity contribution in [2.24, 2.45) is 0 Å². The van der Waals surface area contributed by atoms with Gasteiger partial charge in [-0.05, 0) is 92.0 Å². The Morgan fingerprint density at radius 3 is 1.55 bits per heavy atom. The summed E-state index contributed by atoms with van der Waals surface area (Å²) < 4.78 is 6.44. The van der Waals surface area contributed by atoms with E-state index < -0.39 is 0 Å². The van der Waals surface area contributed by atoms with E-state index in [-0.39, 0.29) is 0 Å². The molecule has 2 heteroatoms. The van der Waals surface area contributed by atoms with E-state index in [0.29, 0.717) is 0 Å². The highest BCUT2D eigenvalue weighted by Crippen LogP contribution is 2.51. The van der Waals surface area contributed by atoms with Gasteiger partial charge in [0.05, 0.1) is 17.1 Å². The van der Waals surface area contributed by atoms with E-state index >= 15 is 0 Å². The van der Waals surface area contributed by atoms with Crippen LogP contribution in [0.3, 0.4) is 0 Å². The van der Waals surface area contributed by atoms with Gasteiger partial charge >= 0.3 is 0 Å². The third-order valence-electron chi connectivity index (χ3n) is 11.5. The van der Waals surface area contributed by atoms with Crippen molar-refractivity contribution in [2.45, 2.75) is 0 Å². The first-order valence-corrected chi connectivity index (χ1v) is 19.8. The van der Waals surface area contributed by atoms with Crippen LogP contribution in [0.1, 0.15) is 0 Å². The minimum absolute atomic E-state index is 0.880. The molecule has 0 aliphatic carbocycles. The zero-order chi connectivity index (χ0) is 38.4. The lowest BCUT2D eigenvalue weighted by atomic mass is 9.89. The third kappa shape index (κ3) is 5.74. The number of benzene rings is 10. The second-order valence-electron chi connectivity index (χ2n) is 14.8. The summed E-state index contributed by atoms with van der Waals surface area (Å²) in [7, 11) is 0. The van der Waals surface area contributed by atoms with Gasteiger partial charge in [-0.3, -0.25) is 0 Å². The normalized spacial score (nSPS) is 11.6. The van der Waals surface area contributed by atoms with Crippen molar-refractivity contribution >= 4 is 38.6 Å². The Balaban J connectivity index is 1.16. The number of hydrogen-bond acceptors (Lipinski definition) is 2. The average Bonchev–Trinajstić information content (AvgIpc) is 3.30. The van der Waals surface area contributed by atoms with Crippen LogP contribution < -0.4 is 9.64 Å². The van der Waals surface area contributed by atoms with Crippen molar-refractivity contribution < 1.29 is 4.74 Å². The smallest absolute Gasteiger partial charge is 0.135 e. The summed E-state index contributed by atoms with van der Waals surface area (Å²) >= 11 is 0. The predicted molar refractivity (Wildman–Crippen MR) is 243 cm³/mol. The minimum Gasteiger partial charge on any atom is -0.456 e. The third-order valence-corrected chi connectivity index (χ3v) is 11.5. The van der Waals surface area contributed by atoms with Crippen LogP contribution in [0, 0.1) is 0 Å². The van der Waals surface area contributed by atoms with E-state index in [4.69, 9.17) is 4.74 Å². The molecule has 0 bridgehead atoms. The molecule has 1 aliphatic heterocycles. The van der Waals surface area contributed by atoms with Crippen LogP contribution in [0.4, 0.5) is 17.1 Å². The summed E-state index contributed by atoms with van der Waals surface area (Å²) in [6, 6.07) is 80.8. The lowest BCUT2D eigenvalue weighted by Crippen LogP contribution is -2.13. The summed E-state index contributed by atoms with van der Waals surface area (Å²) in [5.41, 5.74) is 14.9. The molecule has 0 atom stereocenters. The zero-order valence-corrected chi connectivity index (χ0v) is 31.7. The van der Waals surface area contributed by atoms with Crippen molar-refractivity contribution in [3.05, 3.63) is 224 Å². The minimum atomic E-state index is 0.880. The fraction of sp³-hybridized carbons (Fsp3) is 0. The zero-order valence-electron chi connectivity index (χ0n) is 31.7. The second kappa shape index (κ2) is 14.1. The Hall–Kier alpha value is -7.68. The van der Waals surface area contributed by atoms with Gasteiger partial charge in [0.15, 0.2) is 0 Å². The Labute approximate surface area is 338 Å². The first-order chi connectivity index (χ1) is 28.8. The van der Waals surface area contributed by atoms with Crippen molar-refractivity contribution in [1.29, 1.82) is 0 Å². The van der Waals surface area contributed by atoms with Crippen molar-refractivity contribution in [3.8, 4) is 67.1 Å². The van der Waals surface area contributed by atoms with Gasteiger partial charge in [-0.15, -0.1) is 0 Å². The molecule has 0 saturated carbocycles. The van der Waals surface area contributed by atoms with Crippen LogP contribution in [0.15, 0.2) is 224 Å². The standard InChI is InChI=1S/C56H37NO/c1-2-16-38(17-3-1)39-32-34-41(35-33-39)45-22-6-10-27-51(45)57(53-29-12-8-24-48(53)47-26-14-19-40-18-4-5-21-44(40)47)52-28-11-7-23-46(52)43-36-42-20-15-31-55-56(42)50(37-43)49-25-9-13-30-54(49)58-55/h1-37H. The van der Waals surface area contributed by atoms with E-state index in [1.54, 1.807) is 0 Å². The predicted octanol–water partition coefficient (Wildman–Crippen LogP) is 15.9. The van der Waals surface area contributed by atoms with Gasteiger partial charge in [-0.2, -0.15) is 0 Å². The van der Waals surface area contributed by atoms with Gasteiger partial charge in [0.2, 0.25) is 0 Å². The molecule has 0 N–H and O–H groups in total. The maximum absolute atomic E-state index is 6.44. The molecule has 0 fully saturated rings. The van der Waals surface area contributed by atoms with Crippen molar-refractivity contribution in [2.75, 3.05) is 4.90 Å². The molecule has 10 aromatic carbocycles. The van der Waals surface area contributed by atoms with Crippen molar-refractivity contribution in [3.63, 3.8) is 0 Å². The quantitative estimate of drug-likeness (QED) is 0.161. The SMILES string of the molecule is c1ccc(-c2ccc(-c3ccccc3N(c3ccccc3-c3cc4c5c(cccc5c3)Oc3ccccc3-4)c3ccccc3-c3cccc4ccccc34)cc2)cc1. The second-order valence-corrected chi connectivity index (χ2v) is 14.8. The number of hydrogen-bond donors (Lipinski definition) is 0. The lowest BCUT2D eigenvalue weighted by molar-refractivity contribution is 0.487. The Bertz CT molecular complexity index is 3140. The summed E-state index contributed by atoms with van der Waals surface area (Å²) in [5, 5.41) is 4.73. The van der Waals surface area contributed by atoms with Gasteiger partial charge in [-0.1, -0.05) is 182 Å². The van der Waals surface area contributed by atoms with Crippen molar-refractivity contribution in [1.82, 2.24) is 0 Å². The monoisotopic (exact) mass is 739 g/mol. The van der Waals surface area contributed by atoms with E-state index in [2.05, 4.69) is 223 Å². The molecule has 0 spiro atoms. The largest absolute Gasteiger partial charge is 0.456 e. The molecule has 0 aromatic heterocycles. The van der Waals surface area contributed by atoms with Gasteiger partial charge in [0.1, 0.15) is 11.5 Å².